The first kappa shape index (κ1) is 22.6. The highest BCUT2D eigenvalue weighted by Crippen LogP contribution is 2.34. The third kappa shape index (κ3) is 4.51. The first-order valence-electron chi connectivity index (χ1n) is 10.7. The summed E-state index contributed by atoms with van der Waals surface area (Å²) in [5.74, 6) is 0.229. The molecule has 0 spiro atoms. The zero-order valence-electron chi connectivity index (χ0n) is 18.3. The van der Waals surface area contributed by atoms with Crippen molar-refractivity contribution in [3.05, 3.63) is 64.1 Å². The molecular weight excluding hydrogens is 433 g/mol. The van der Waals surface area contributed by atoms with Crippen molar-refractivity contribution in [2.24, 2.45) is 13.0 Å². The summed E-state index contributed by atoms with van der Waals surface area (Å²) in [4.78, 5) is 19.0. The van der Waals surface area contributed by atoms with Crippen molar-refractivity contribution in [3.63, 3.8) is 0 Å². The van der Waals surface area contributed by atoms with Crippen molar-refractivity contribution in [2.45, 2.75) is 32.0 Å². The molecule has 1 fully saturated rings. The Kier molecular flexibility index (Phi) is 6.02. The summed E-state index contributed by atoms with van der Waals surface area (Å²) in [6, 6.07) is 11.8. The summed E-state index contributed by atoms with van der Waals surface area (Å²) in [6.07, 6.45) is -3.36. The number of pyridine rings is 2. The van der Waals surface area contributed by atoms with E-state index in [0.717, 1.165) is 18.6 Å². The molecule has 0 amide bonds. The first-order valence-corrected chi connectivity index (χ1v) is 10.7. The van der Waals surface area contributed by atoms with Gasteiger partial charge in [0.15, 0.2) is 0 Å². The van der Waals surface area contributed by atoms with E-state index in [9.17, 15) is 23.2 Å². The Balaban J connectivity index is 1.61. The lowest BCUT2D eigenvalue weighted by Gasteiger charge is -2.39. The molecule has 1 aliphatic rings. The Bertz CT molecular complexity index is 1280. The Morgan fingerprint density at radius 2 is 2.03 bits per heavy atom. The van der Waals surface area contributed by atoms with E-state index in [-0.39, 0.29) is 29.0 Å². The highest BCUT2D eigenvalue weighted by atomic mass is 19.4. The summed E-state index contributed by atoms with van der Waals surface area (Å²) in [7, 11) is 1.66. The lowest BCUT2D eigenvalue weighted by Crippen LogP contribution is -2.46. The SMILES string of the molecule is CC[C@H]1CN(c2cc(=O)n(C)c3ccc(C#N)nc23)CC[C@@H]1Oc1cccc(C(F)(F)F)c1. The number of halogens is 3. The maximum Gasteiger partial charge on any atom is 0.416 e. The fraction of sp³-hybridized carbons (Fsp3) is 0.375. The number of anilines is 1. The number of hydrogen-bond acceptors (Lipinski definition) is 5. The number of nitriles is 1. The average molecular weight is 456 g/mol. The summed E-state index contributed by atoms with van der Waals surface area (Å²) in [5.41, 5.74) is 1.20. The van der Waals surface area contributed by atoms with Crippen LogP contribution in [-0.4, -0.2) is 28.7 Å². The van der Waals surface area contributed by atoms with Gasteiger partial charge in [0.1, 0.15) is 29.1 Å². The molecule has 0 bridgehead atoms. The fourth-order valence-corrected chi connectivity index (χ4v) is 4.31. The van der Waals surface area contributed by atoms with Gasteiger partial charge in [0.25, 0.3) is 5.56 Å². The van der Waals surface area contributed by atoms with E-state index in [1.807, 2.05) is 13.0 Å². The van der Waals surface area contributed by atoms with E-state index in [0.29, 0.717) is 36.2 Å². The van der Waals surface area contributed by atoms with Gasteiger partial charge in [0.2, 0.25) is 0 Å². The molecule has 2 atom stereocenters. The molecule has 0 radical (unpaired) electrons. The van der Waals surface area contributed by atoms with Crippen LogP contribution in [0.2, 0.25) is 0 Å². The van der Waals surface area contributed by atoms with Crippen molar-refractivity contribution >= 4 is 16.7 Å². The average Bonchev–Trinajstić information content (AvgIpc) is 2.81. The van der Waals surface area contributed by atoms with Crippen molar-refractivity contribution < 1.29 is 17.9 Å². The summed E-state index contributed by atoms with van der Waals surface area (Å²) in [5, 5.41) is 9.27. The lowest BCUT2D eigenvalue weighted by molar-refractivity contribution is -0.137. The lowest BCUT2D eigenvalue weighted by atomic mass is 9.91. The smallest absolute Gasteiger partial charge is 0.416 e. The minimum Gasteiger partial charge on any atom is -0.490 e. The van der Waals surface area contributed by atoms with E-state index < -0.39 is 11.7 Å². The fourth-order valence-electron chi connectivity index (χ4n) is 4.31. The molecule has 1 saturated heterocycles. The number of aromatic nitrogens is 2. The Morgan fingerprint density at radius 3 is 2.73 bits per heavy atom. The second kappa shape index (κ2) is 8.77. The first-order chi connectivity index (χ1) is 15.7. The van der Waals surface area contributed by atoms with Crippen LogP contribution in [0.5, 0.6) is 5.75 Å². The molecule has 3 heterocycles. The molecule has 0 saturated carbocycles. The van der Waals surface area contributed by atoms with Crippen molar-refractivity contribution in [1.29, 1.82) is 5.26 Å². The van der Waals surface area contributed by atoms with Crippen LogP contribution in [-0.2, 0) is 13.2 Å². The molecule has 0 N–H and O–H groups in total. The van der Waals surface area contributed by atoms with E-state index in [1.54, 1.807) is 19.2 Å². The largest absolute Gasteiger partial charge is 0.490 e. The van der Waals surface area contributed by atoms with Gasteiger partial charge in [-0.25, -0.2) is 4.98 Å². The maximum absolute atomic E-state index is 13.1. The van der Waals surface area contributed by atoms with Gasteiger partial charge in [-0.05, 0) is 36.8 Å². The van der Waals surface area contributed by atoms with E-state index in [1.165, 1.54) is 22.8 Å². The number of aryl methyl sites for hydroxylation is 1. The molecule has 0 aliphatic carbocycles. The molecule has 1 aromatic carbocycles. The summed E-state index contributed by atoms with van der Waals surface area (Å²) in [6.45, 7) is 3.10. The molecule has 0 unspecified atom stereocenters. The van der Waals surface area contributed by atoms with Crippen LogP contribution in [0.3, 0.4) is 0 Å². The van der Waals surface area contributed by atoms with E-state index in [4.69, 9.17) is 4.74 Å². The number of nitrogens with zero attached hydrogens (tertiary/aromatic N) is 4. The third-order valence-corrected chi connectivity index (χ3v) is 6.16. The second-order valence-corrected chi connectivity index (χ2v) is 8.19. The van der Waals surface area contributed by atoms with Gasteiger partial charge in [-0.1, -0.05) is 13.0 Å². The van der Waals surface area contributed by atoms with Crippen LogP contribution in [0.15, 0.2) is 47.3 Å². The van der Waals surface area contributed by atoms with Crippen molar-refractivity contribution in [2.75, 3.05) is 18.0 Å². The monoisotopic (exact) mass is 456 g/mol. The zero-order chi connectivity index (χ0) is 23.8. The van der Waals surface area contributed by atoms with Crippen molar-refractivity contribution in [3.8, 4) is 11.8 Å². The zero-order valence-corrected chi connectivity index (χ0v) is 18.3. The Labute approximate surface area is 188 Å². The van der Waals surface area contributed by atoms with Gasteiger partial charge >= 0.3 is 6.18 Å². The van der Waals surface area contributed by atoms with Gasteiger partial charge in [0.05, 0.1) is 16.8 Å². The molecule has 172 valence electrons. The molecule has 1 aliphatic heterocycles. The topological polar surface area (TPSA) is 71.2 Å². The van der Waals surface area contributed by atoms with E-state index >= 15 is 0 Å². The molecule has 3 aromatic rings. The Morgan fingerprint density at radius 1 is 1.24 bits per heavy atom. The van der Waals surface area contributed by atoms with Crippen molar-refractivity contribution in [1.82, 2.24) is 9.55 Å². The third-order valence-electron chi connectivity index (χ3n) is 6.16. The minimum atomic E-state index is -4.43. The molecule has 4 rings (SSSR count). The molecule has 9 heteroatoms. The van der Waals surface area contributed by atoms with Gasteiger partial charge in [-0.2, -0.15) is 18.4 Å². The van der Waals surface area contributed by atoms with Gasteiger partial charge in [-0.3, -0.25) is 4.79 Å². The van der Waals surface area contributed by atoms with E-state index in [2.05, 4.69) is 9.88 Å². The number of rotatable bonds is 4. The quantitative estimate of drug-likeness (QED) is 0.578. The van der Waals surface area contributed by atoms with Crippen LogP contribution < -0.4 is 15.2 Å². The molecule has 2 aromatic heterocycles. The van der Waals surface area contributed by atoms with Gasteiger partial charge in [-0.15, -0.1) is 0 Å². The highest BCUT2D eigenvalue weighted by Gasteiger charge is 2.33. The predicted molar refractivity (Wildman–Crippen MR) is 118 cm³/mol. The predicted octanol–water partition coefficient (Wildman–Crippen LogP) is 4.51. The van der Waals surface area contributed by atoms with Crippen LogP contribution in [0.1, 0.15) is 31.0 Å². The Hall–Kier alpha value is -3.54. The minimum absolute atomic E-state index is 0.0338. The van der Waals surface area contributed by atoms with Gasteiger partial charge < -0.3 is 14.2 Å². The summed E-state index contributed by atoms with van der Waals surface area (Å²) < 4.78 is 46.7. The standard InChI is InChI=1S/C24H23F3N4O2/c1-3-15-14-31(10-9-21(15)33-18-6-4-5-16(11-18)24(25,26)27)20-12-22(32)30(2)19-8-7-17(13-28)29-23(19)20/h4-8,11-12,15,21H,3,9-10,14H2,1-2H3/t15-,21-/m0/s1. The maximum atomic E-state index is 13.1. The summed E-state index contributed by atoms with van der Waals surface area (Å²) >= 11 is 0. The number of alkyl halides is 3. The molecule has 6 nitrogen and oxygen atoms in total. The normalized spacial score (nSPS) is 18.8. The second-order valence-electron chi connectivity index (χ2n) is 8.19. The number of benzene rings is 1. The van der Waals surface area contributed by atoms with Gasteiger partial charge in [0, 0.05) is 38.5 Å². The van der Waals surface area contributed by atoms with Crippen LogP contribution >= 0.6 is 0 Å². The number of hydrogen-bond donors (Lipinski definition) is 0. The number of ether oxygens (including phenoxy) is 1. The molecule has 33 heavy (non-hydrogen) atoms. The van der Waals surface area contributed by atoms with Crippen LogP contribution in [0.4, 0.5) is 18.9 Å². The van der Waals surface area contributed by atoms with Crippen LogP contribution in [0, 0.1) is 17.2 Å². The number of fused-ring (bicyclic) bond motifs is 1. The van der Waals surface area contributed by atoms with Crippen LogP contribution in [0.25, 0.3) is 11.0 Å². The molecular formula is C24H23F3N4O2. The highest BCUT2D eigenvalue weighted by molar-refractivity contribution is 5.88. The number of piperidine rings is 1.